The summed E-state index contributed by atoms with van der Waals surface area (Å²) in [5, 5.41) is 14.3. The first-order valence-corrected chi connectivity index (χ1v) is 7.53. The molecule has 1 aromatic carbocycles. The second-order valence-electron chi connectivity index (χ2n) is 5.55. The molecule has 0 radical (unpaired) electrons. The molecule has 1 saturated heterocycles. The molecule has 1 amide bonds. The highest BCUT2D eigenvalue weighted by molar-refractivity contribution is 6.01. The van der Waals surface area contributed by atoms with Crippen molar-refractivity contribution < 1.29 is 9.52 Å². The van der Waals surface area contributed by atoms with Crippen LogP contribution in [0.3, 0.4) is 0 Å². The predicted octanol–water partition coefficient (Wildman–Crippen LogP) is 2.17. The maximum atomic E-state index is 12.1. The van der Waals surface area contributed by atoms with Gasteiger partial charge in [0, 0.05) is 24.4 Å². The van der Waals surface area contributed by atoms with Crippen LogP contribution in [0.25, 0.3) is 0 Å². The van der Waals surface area contributed by atoms with E-state index in [1.807, 2.05) is 24.3 Å². The Morgan fingerprint density at radius 2 is 1.86 bits per heavy atom. The molecule has 1 aliphatic rings. The molecule has 5 nitrogen and oxygen atoms in total. The predicted molar refractivity (Wildman–Crippen MR) is 84.3 cm³/mol. The number of anilines is 1. The first-order valence-electron chi connectivity index (χ1n) is 7.53. The molecule has 2 heterocycles. The van der Waals surface area contributed by atoms with Crippen molar-refractivity contribution in [1.82, 2.24) is 4.90 Å². The molecule has 0 saturated carbocycles. The molecule has 0 bridgehead atoms. The van der Waals surface area contributed by atoms with Crippen molar-refractivity contribution in [1.29, 1.82) is 0 Å². The summed E-state index contributed by atoms with van der Waals surface area (Å²) in [5.74, 6) is -0.400. The van der Waals surface area contributed by atoms with Gasteiger partial charge in [0.05, 0.1) is 0 Å². The number of hydrogen-bond acceptors (Lipinski definition) is 3. The van der Waals surface area contributed by atoms with Crippen molar-refractivity contribution in [2.45, 2.75) is 19.4 Å². The van der Waals surface area contributed by atoms with Crippen molar-refractivity contribution in [2.24, 2.45) is 0 Å². The average molecular weight is 297 g/mol. The zero-order chi connectivity index (χ0) is 15.4. The van der Waals surface area contributed by atoms with E-state index in [4.69, 9.17) is 0 Å². The summed E-state index contributed by atoms with van der Waals surface area (Å²) in [4.78, 5) is 14.5. The number of amides is 1. The number of nitrogens with one attached hydrogen (secondary N) is 1. The maximum Gasteiger partial charge on any atom is 0.321 e. The van der Waals surface area contributed by atoms with Gasteiger partial charge in [0.1, 0.15) is 0 Å². The fraction of sp³-hybridized carbons (Fsp3) is 0.294. The van der Waals surface area contributed by atoms with Crippen LogP contribution >= 0.6 is 0 Å². The lowest BCUT2D eigenvalue weighted by molar-refractivity contribution is -0.607. The van der Waals surface area contributed by atoms with Crippen molar-refractivity contribution >= 4 is 11.6 Å². The van der Waals surface area contributed by atoms with Crippen LogP contribution in [0, 0.1) is 5.21 Å². The fourth-order valence-corrected chi connectivity index (χ4v) is 2.69. The lowest BCUT2D eigenvalue weighted by Gasteiger charge is -2.14. The maximum absolute atomic E-state index is 12.1. The molecule has 1 aromatic heterocycles. The smallest absolute Gasteiger partial charge is 0.321 e. The molecule has 5 heteroatoms. The second-order valence-corrected chi connectivity index (χ2v) is 5.55. The Morgan fingerprint density at radius 1 is 1.14 bits per heavy atom. The highest BCUT2D eigenvalue weighted by atomic mass is 16.5. The quantitative estimate of drug-likeness (QED) is 0.695. The zero-order valence-electron chi connectivity index (χ0n) is 12.4. The van der Waals surface area contributed by atoms with Crippen LogP contribution in [0.1, 0.15) is 28.9 Å². The monoisotopic (exact) mass is 297 g/mol. The summed E-state index contributed by atoms with van der Waals surface area (Å²) in [5.41, 5.74) is 2.01. The van der Waals surface area contributed by atoms with Crippen molar-refractivity contribution in [2.75, 3.05) is 18.4 Å². The third kappa shape index (κ3) is 3.43. The Morgan fingerprint density at radius 3 is 2.55 bits per heavy atom. The number of nitrogens with zero attached hydrogens (tertiary/aromatic N) is 2. The summed E-state index contributed by atoms with van der Waals surface area (Å²) in [6, 6.07) is 12.6. The Kier molecular flexibility index (Phi) is 4.34. The molecule has 2 aromatic rings. The van der Waals surface area contributed by atoms with Crippen LogP contribution in [0.5, 0.6) is 0 Å². The number of benzene rings is 1. The van der Waals surface area contributed by atoms with E-state index in [2.05, 4.69) is 10.2 Å². The number of aromatic nitrogens is 1. The average Bonchev–Trinajstić information content (AvgIpc) is 3.02. The van der Waals surface area contributed by atoms with Gasteiger partial charge < -0.3 is 10.5 Å². The van der Waals surface area contributed by atoms with Crippen molar-refractivity contribution in [3.05, 3.63) is 65.1 Å². The first-order chi connectivity index (χ1) is 10.7. The molecule has 3 rings (SSSR count). The minimum Gasteiger partial charge on any atom is -0.618 e. The van der Waals surface area contributed by atoms with Crippen LogP contribution in [-0.2, 0) is 6.54 Å². The topological polar surface area (TPSA) is 59.3 Å². The molecule has 1 fully saturated rings. The summed E-state index contributed by atoms with van der Waals surface area (Å²) in [7, 11) is 0. The number of carbonyl (C=O) groups excluding carboxylic acids is 1. The Bertz CT molecular complexity index is 649. The van der Waals surface area contributed by atoms with E-state index in [9.17, 15) is 10.0 Å². The van der Waals surface area contributed by atoms with Gasteiger partial charge in [-0.2, -0.15) is 4.73 Å². The van der Waals surface area contributed by atoms with E-state index in [1.54, 1.807) is 12.1 Å². The van der Waals surface area contributed by atoms with Crippen LogP contribution in [0.15, 0.2) is 48.7 Å². The van der Waals surface area contributed by atoms with Gasteiger partial charge in [-0.25, -0.2) is 0 Å². The Balaban J connectivity index is 1.63. The van der Waals surface area contributed by atoms with Gasteiger partial charge in [0.15, 0.2) is 6.20 Å². The van der Waals surface area contributed by atoms with E-state index in [-0.39, 0.29) is 5.69 Å². The normalized spacial score (nSPS) is 14.9. The zero-order valence-corrected chi connectivity index (χ0v) is 12.4. The van der Waals surface area contributed by atoms with Gasteiger partial charge in [-0.05, 0) is 49.7 Å². The summed E-state index contributed by atoms with van der Waals surface area (Å²) in [6.45, 7) is 3.28. The molecular formula is C17H19N3O2. The van der Waals surface area contributed by atoms with E-state index < -0.39 is 5.91 Å². The number of rotatable bonds is 4. The highest BCUT2D eigenvalue weighted by Gasteiger charge is 2.15. The molecule has 0 atom stereocenters. The van der Waals surface area contributed by atoms with Crippen LogP contribution in [0.4, 0.5) is 5.69 Å². The van der Waals surface area contributed by atoms with Gasteiger partial charge in [-0.15, -0.1) is 0 Å². The summed E-state index contributed by atoms with van der Waals surface area (Å²) >= 11 is 0. The molecule has 0 spiro atoms. The summed E-state index contributed by atoms with van der Waals surface area (Å²) < 4.78 is 0.567. The minimum absolute atomic E-state index is 0.0867. The van der Waals surface area contributed by atoms with Crippen LogP contribution < -0.4 is 10.0 Å². The number of carbonyl (C=O) groups is 1. The molecule has 0 unspecified atom stereocenters. The Labute approximate surface area is 129 Å². The second kappa shape index (κ2) is 6.58. The minimum atomic E-state index is -0.400. The van der Waals surface area contributed by atoms with E-state index in [1.165, 1.54) is 30.7 Å². The number of likely N-dealkylation sites (tertiary alicyclic amines) is 1. The van der Waals surface area contributed by atoms with Gasteiger partial charge in [0.2, 0.25) is 0 Å². The number of pyridine rings is 1. The van der Waals surface area contributed by atoms with Crippen LogP contribution in [-0.4, -0.2) is 23.9 Å². The molecule has 22 heavy (non-hydrogen) atoms. The summed E-state index contributed by atoms with van der Waals surface area (Å²) in [6.07, 6.45) is 3.87. The third-order valence-corrected chi connectivity index (χ3v) is 3.87. The molecule has 1 aliphatic heterocycles. The SMILES string of the molecule is O=C(Nc1ccc(CN2CCCC2)cc1)c1cccc[n+]1[O-]. The molecule has 1 N–H and O–H groups in total. The van der Waals surface area contributed by atoms with E-state index in [0.717, 1.165) is 19.6 Å². The standard InChI is InChI=1S/C17H19N3O2/c21-17(16-5-1-2-12-20(16)22)18-15-8-6-14(7-9-15)13-19-10-3-4-11-19/h1-2,5-9,12H,3-4,10-11,13H2,(H,18,21). The largest absolute Gasteiger partial charge is 0.618 e. The molecule has 114 valence electrons. The molecule has 0 aliphatic carbocycles. The lowest BCUT2D eigenvalue weighted by Crippen LogP contribution is -2.36. The van der Waals surface area contributed by atoms with Crippen molar-refractivity contribution in [3.63, 3.8) is 0 Å². The van der Waals surface area contributed by atoms with Gasteiger partial charge in [-0.1, -0.05) is 12.1 Å². The van der Waals surface area contributed by atoms with Gasteiger partial charge >= 0.3 is 5.91 Å². The third-order valence-electron chi connectivity index (χ3n) is 3.87. The first kappa shape index (κ1) is 14.5. The van der Waals surface area contributed by atoms with Crippen LogP contribution in [0.2, 0.25) is 0 Å². The van der Waals surface area contributed by atoms with Crippen molar-refractivity contribution in [3.8, 4) is 0 Å². The van der Waals surface area contributed by atoms with Gasteiger partial charge in [0.25, 0.3) is 5.69 Å². The van der Waals surface area contributed by atoms with E-state index >= 15 is 0 Å². The van der Waals surface area contributed by atoms with E-state index in [0.29, 0.717) is 10.4 Å². The Hall–Kier alpha value is -2.40. The number of hydrogen-bond donors (Lipinski definition) is 1. The fourth-order valence-electron chi connectivity index (χ4n) is 2.69. The van der Waals surface area contributed by atoms with Gasteiger partial charge in [-0.3, -0.25) is 9.69 Å². The lowest BCUT2D eigenvalue weighted by atomic mass is 10.2. The highest BCUT2D eigenvalue weighted by Crippen LogP contribution is 2.15. The molecular weight excluding hydrogens is 278 g/mol.